The molecule has 0 aromatic heterocycles. The molecule has 1 aliphatic rings. The Morgan fingerprint density at radius 3 is 2.65 bits per heavy atom. The number of ether oxygens (including phenoxy) is 1. The zero-order valence-electron chi connectivity index (χ0n) is 11.9. The van der Waals surface area contributed by atoms with Gasteiger partial charge >= 0.3 is 12.1 Å². The number of carbonyl (C=O) groups excluding carboxylic acids is 1. The molecule has 0 radical (unpaired) electrons. The van der Waals surface area contributed by atoms with Crippen molar-refractivity contribution in [3.63, 3.8) is 0 Å². The number of hydrogen-bond donors (Lipinski definition) is 1. The molecular formula is C15H19NO4. The Balaban J connectivity index is 2.31. The van der Waals surface area contributed by atoms with Gasteiger partial charge in [0.05, 0.1) is 5.69 Å². The maximum absolute atomic E-state index is 12.3. The molecular weight excluding hydrogens is 258 g/mol. The summed E-state index contributed by atoms with van der Waals surface area (Å²) in [6.07, 6.45) is 0.369. The van der Waals surface area contributed by atoms with Gasteiger partial charge in [-0.25, -0.2) is 9.59 Å². The highest BCUT2D eigenvalue weighted by Gasteiger charge is 2.40. The van der Waals surface area contributed by atoms with Crippen LogP contribution in [0.15, 0.2) is 24.3 Å². The number of hydrogen-bond acceptors (Lipinski definition) is 3. The van der Waals surface area contributed by atoms with E-state index >= 15 is 0 Å². The van der Waals surface area contributed by atoms with Gasteiger partial charge in [-0.05, 0) is 31.9 Å². The van der Waals surface area contributed by atoms with Gasteiger partial charge in [-0.15, -0.1) is 0 Å². The van der Waals surface area contributed by atoms with E-state index in [0.717, 1.165) is 5.56 Å². The molecule has 1 amide bonds. The molecule has 1 aromatic carbocycles. The number of amides is 1. The molecule has 0 saturated heterocycles. The van der Waals surface area contributed by atoms with Gasteiger partial charge in [0.15, 0.2) is 0 Å². The van der Waals surface area contributed by atoms with Crippen LogP contribution in [-0.2, 0) is 16.0 Å². The first-order chi connectivity index (χ1) is 9.35. The summed E-state index contributed by atoms with van der Waals surface area (Å²) < 4.78 is 5.43. The molecule has 1 atom stereocenters. The smallest absolute Gasteiger partial charge is 0.415 e. The average Bonchev–Trinajstić information content (AvgIpc) is 2.77. The molecule has 0 spiro atoms. The van der Waals surface area contributed by atoms with Crippen molar-refractivity contribution < 1.29 is 19.4 Å². The first kappa shape index (κ1) is 14.4. The van der Waals surface area contributed by atoms with Crippen LogP contribution in [0.5, 0.6) is 0 Å². The van der Waals surface area contributed by atoms with Gasteiger partial charge in [-0.1, -0.05) is 25.1 Å². The molecule has 108 valence electrons. The zero-order valence-corrected chi connectivity index (χ0v) is 11.9. The van der Waals surface area contributed by atoms with Crippen molar-refractivity contribution in [2.45, 2.75) is 45.3 Å². The minimum atomic E-state index is -1.02. The number of anilines is 1. The molecule has 1 heterocycles. The van der Waals surface area contributed by atoms with Crippen molar-refractivity contribution in [1.82, 2.24) is 0 Å². The Kier molecular flexibility index (Phi) is 3.70. The summed E-state index contributed by atoms with van der Waals surface area (Å²) in [4.78, 5) is 25.0. The standard InChI is InChI=1S/C15H19NO4/c1-4-15(2,3)20-14(19)16-11-8-6-5-7-10(11)9-12(16)13(17)18/h5-8,12H,4,9H2,1-3H3,(H,17,18). The molecule has 5 heteroatoms. The van der Waals surface area contributed by atoms with Crippen molar-refractivity contribution >= 4 is 17.7 Å². The predicted molar refractivity (Wildman–Crippen MR) is 74.9 cm³/mol. The summed E-state index contributed by atoms with van der Waals surface area (Å²) in [6, 6.07) is 6.31. The van der Waals surface area contributed by atoms with Crippen molar-refractivity contribution in [2.24, 2.45) is 0 Å². The Hall–Kier alpha value is -2.04. The van der Waals surface area contributed by atoms with E-state index in [-0.39, 0.29) is 0 Å². The lowest BCUT2D eigenvalue weighted by Crippen LogP contribution is -2.45. The van der Waals surface area contributed by atoms with Crippen LogP contribution in [0.4, 0.5) is 10.5 Å². The van der Waals surface area contributed by atoms with Gasteiger partial charge in [0.25, 0.3) is 0 Å². The molecule has 20 heavy (non-hydrogen) atoms. The number of fused-ring (bicyclic) bond motifs is 1. The van der Waals surface area contributed by atoms with Crippen molar-refractivity contribution in [1.29, 1.82) is 0 Å². The van der Waals surface area contributed by atoms with Crippen LogP contribution in [0.2, 0.25) is 0 Å². The summed E-state index contributed by atoms with van der Waals surface area (Å²) in [5, 5.41) is 9.31. The molecule has 1 aliphatic heterocycles. The Labute approximate surface area is 118 Å². The van der Waals surface area contributed by atoms with E-state index in [1.54, 1.807) is 12.1 Å². The summed E-state index contributed by atoms with van der Waals surface area (Å²) in [7, 11) is 0. The molecule has 2 rings (SSSR count). The Morgan fingerprint density at radius 2 is 2.05 bits per heavy atom. The fraction of sp³-hybridized carbons (Fsp3) is 0.467. The van der Waals surface area contributed by atoms with E-state index in [4.69, 9.17) is 4.74 Å². The third kappa shape index (κ3) is 2.61. The maximum atomic E-state index is 12.3. The second-order valence-electron chi connectivity index (χ2n) is 5.54. The molecule has 1 unspecified atom stereocenters. The summed E-state index contributed by atoms with van der Waals surface area (Å²) in [5.74, 6) is -1.02. The van der Waals surface area contributed by atoms with Crippen LogP contribution in [0.25, 0.3) is 0 Å². The highest BCUT2D eigenvalue weighted by atomic mass is 16.6. The average molecular weight is 277 g/mol. The lowest BCUT2D eigenvalue weighted by molar-refractivity contribution is -0.138. The second-order valence-corrected chi connectivity index (χ2v) is 5.54. The maximum Gasteiger partial charge on any atom is 0.415 e. The first-order valence-electron chi connectivity index (χ1n) is 6.68. The van der Waals surface area contributed by atoms with Crippen LogP contribution < -0.4 is 4.90 Å². The van der Waals surface area contributed by atoms with Gasteiger partial charge < -0.3 is 9.84 Å². The third-order valence-corrected chi connectivity index (χ3v) is 3.67. The number of carbonyl (C=O) groups is 2. The van der Waals surface area contributed by atoms with E-state index in [1.165, 1.54) is 4.90 Å². The minimum absolute atomic E-state index is 0.313. The Morgan fingerprint density at radius 1 is 1.40 bits per heavy atom. The Bertz CT molecular complexity index is 538. The second kappa shape index (κ2) is 5.15. The normalized spacial score (nSPS) is 17.8. The molecule has 0 saturated carbocycles. The lowest BCUT2D eigenvalue weighted by Gasteiger charge is -2.29. The number of aliphatic carboxylic acids is 1. The number of benzene rings is 1. The van der Waals surface area contributed by atoms with Crippen molar-refractivity contribution in [3.8, 4) is 0 Å². The predicted octanol–water partition coefficient (Wildman–Crippen LogP) is 2.83. The quantitative estimate of drug-likeness (QED) is 0.922. The van der Waals surface area contributed by atoms with Gasteiger partial charge in [-0.3, -0.25) is 4.90 Å². The SMILES string of the molecule is CCC(C)(C)OC(=O)N1c2ccccc2CC1C(=O)O. The molecule has 0 aliphatic carbocycles. The van der Waals surface area contributed by atoms with E-state index < -0.39 is 23.7 Å². The fourth-order valence-corrected chi connectivity index (χ4v) is 2.17. The third-order valence-electron chi connectivity index (χ3n) is 3.67. The molecule has 1 N–H and O–H groups in total. The van der Waals surface area contributed by atoms with Crippen molar-refractivity contribution in [2.75, 3.05) is 4.90 Å². The molecule has 0 fully saturated rings. The monoisotopic (exact) mass is 277 g/mol. The molecule has 1 aromatic rings. The first-order valence-corrected chi connectivity index (χ1v) is 6.68. The highest BCUT2D eigenvalue weighted by Crippen LogP contribution is 2.33. The van der Waals surface area contributed by atoms with Crippen molar-refractivity contribution in [3.05, 3.63) is 29.8 Å². The molecule has 5 nitrogen and oxygen atoms in total. The number of rotatable bonds is 3. The van der Waals surface area contributed by atoms with E-state index in [0.29, 0.717) is 18.5 Å². The number of para-hydroxylation sites is 1. The summed E-state index contributed by atoms with van der Waals surface area (Å²) >= 11 is 0. The number of carboxylic acids is 1. The molecule has 0 bridgehead atoms. The van der Waals surface area contributed by atoms with Gasteiger partial charge in [0, 0.05) is 6.42 Å². The van der Waals surface area contributed by atoms with E-state index in [9.17, 15) is 14.7 Å². The summed E-state index contributed by atoms with van der Waals surface area (Å²) in [5.41, 5.74) is 0.862. The van der Waals surface area contributed by atoms with Gasteiger partial charge in [0.2, 0.25) is 0 Å². The minimum Gasteiger partial charge on any atom is -0.480 e. The van der Waals surface area contributed by atoms with Gasteiger partial charge in [-0.2, -0.15) is 0 Å². The fourth-order valence-electron chi connectivity index (χ4n) is 2.17. The number of carboxylic acid groups (broad SMARTS) is 1. The van der Waals surface area contributed by atoms with Crippen LogP contribution in [0.1, 0.15) is 32.8 Å². The lowest BCUT2D eigenvalue weighted by atomic mass is 10.1. The van der Waals surface area contributed by atoms with Crippen LogP contribution in [0.3, 0.4) is 0 Å². The van der Waals surface area contributed by atoms with E-state index in [2.05, 4.69) is 0 Å². The number of nitrogens with zero attached hydrogens (tertiary/aromatic N) is 1. The van der Waals surface area contributed by atoms with Crippen LogP contribution in [0, 0.1) is 0 Å². The summed E-state index contributed by atoms with van der Waals surface area (Å²) in [6.45, 7) is 5.53. The largest absolute Gasteiger partial charge is 0.480 e. The van der Waals surface area contributed by atoms with E-state index in [1.807, 2.05) is 32.9 Å². The van der Waals surface area contributed by atoms with Gasteiger partial charge in [0.1, 0.15) is 11.6 Å². The zero-order chi connectivity index (χ0) is 14.9. The topological polar surface area (TPSA) is 66.8 Å². The highest BCUT2D eigenvalue weighted by molar-refractivity contribution is 5.98. The van der Waals surface area contributed by atoms with Crippen LogP contribution in [-0.4, -0.2) is 28.8 Å². The van der Waals surface area contributed by atoms with Crippen LogP contribution >= 0.6 is 0 Å².